The highest BCUT2D eigenvalue weighted by Crippen LogP contribution is 2.22. The van der Waals surface area contributed by atoms with Crippen molar-refractivity contribution in [3.05, 3.63) is 69.3 Å². The number of aldehydes is 1. The van der Waals surface area contributed by atoms with Crippen molar-refractivity contribution in [1.29, 1.82) is 0 Å². The van der Waals surface area contributed by atoms with Crippen molar-refractivity contribution in [2.75, 3.05) is 13.2 Å². The average molecular weight is 370 g/mol. The van der Waals surface area contributed by atoms with Gasteiger partial charge in [0, 0.05) is 18.7 Å². The van der Waals surface area contributed by atoms with Gasteiger partial charge >= 0.3 is 0 Å². The van der Waals surface area contributed by atoms with Crippen LogP contribution in [0, 0.1) is 10.1 Å². The van der Waals surface area contributed by atoms with Crippen molar-refractivity contribution in [3.63, 3.8) is 0 Å². The lowest BCUT2D eigenvalue weighted by atomic mass is 10.0. The number of carbonyl (C=O) groups is 2. The van der Waals surface area contributed by atoms with Crippen LogP contribution in [0.25, 0.3) is 0 Å². The van der Waals surface area contributed by atoms with Crippen LogP contribution in [0.5, 0.6) is 5.75 Å². The number of nitro benzene ring substituents is 1. The van der Waals surface area contributed by atoms with Crippen molar-refractivity contribution < 1.29 is 19.2 Å². The van der Waals surface area contributed by atoms with Crippen LogP contribution in [-0.2, 0) is 11.2 Å². The molecule has 0 spiro atoms. The van der Waals surface area contributed by atoms with E-state index in [9.17, 15) is 19.7 Å². The molecule has 0 aliphatic rings. The maximum absolute atomic E-state index is 11.9. The molecule has 7 heteroatoms. The summed E-state index contributed by atoms with van der Waals surface area (Å²) in [5.41, 5.74) is 2.21. The lowest BCUT2D eigenvalue weighted by molar-refractivity contribution is -0.384. The van der Waals surface area contributed by atoms with Gasteiger partial charge in [-0.25, -0.2) is 0 Å². The van der Waals surface area contributed by atoms with E-state index in [0.717, 1.165) is 11.6 Å². The summed E-state index contributed by atoms with van der Waals surface area (Å²) in [4.78, 5) is 33.0. The van der Waals surface area contributed by atoms with Gasteiger partial charge in [0.05, 0.1) is 10.5 Å². The Hall–Kier alpha value is -3.22. The smallest absolute Gasteiger partial charge is 0.270 e. The number of ether oxygens (including phenoxy) is 1. The van der Waals surface area contributed by atoms with Crippen molar-refractivity contribution in [1.82, 2.24) is 5.32 Å². The molecule has 0 heterocycles. The van der Waals surface area contributed by atoms with Crippen LogP contribution in [0.4, 0.5) is 5.69 Å². The highest BCUT2D eigenvalue weighted by Gasteiger charge is 2.12. The molecule has 0 atom stereocenters. The Bertz CT molecular complexity index is 816. The highest BCUT2D eigenvalue weighted by molar-refractivity contribution is 5.81. The normalized spacial score (nSPS) is 10.5. The van der Waals surface area contributed by atoms with Gasteiger partial charge in [-0.3, -0.25) is 19.7 Å². The molecule has 0 saturated heterocycles. The molecule has 0 aliphatic heterocycles. The van der Waals surface area contributed by atoms with Crippen LogP contribution in [0.2, 0.25) is 0 Å². The maximum atomic E-state index is 11.9. The molecule has 7 nitrogen and oxygen atoms in total. The molecule has 0 unspecified atom stereocenters. The fraction of sp³-hybridized carbons (Fsp3) is 0.300. The number of hydrogen-bond acceptors (Lipinski definition) is 5. The predicted molar refractivity (Wildman–Crippen MR) is 101 cm³/mol. The molecular weight excluding hydrogens is 348 g/mol. The molecule has 2 aromatic carbocycles. The predicted octanol–water partition coefficient (Wildman–Crippen LogP) is 3.27. The van der Waals surface area contributed by atoms with Gasteiger partial charge in [-0.1, -0.05) is 38.1 Å². The SMILES string of the molecule is CC(C)c1ccc(CCNC(=O)COc2ccc([N+](=O)[O-])cc2C=O)cc1. The Labute approximate surface area is 157 Å². The first-order valence-corrected chi connectivity index (χ1v) is 8.62. The number of rotatable bonds is 9. The molecule has 0 radical (unpaired) electrons. The summed E-state index contributed by atoms with van der Waals surface area (Å²) in [5, 5.41) is 13.5. The Morgan fingerprint density at radius 1 is 1.22 bits per heavy atom. The minimum absolute atomic E-state index is 0.0299. The molecule has 142 valence electrons. The summed E-state index contributed by atoms with van der Waals surface area (Å²) in [7, 11) is 0. The van der Waals surface area contributed by atoms with Crippen LogP contribution in [0.15, 0.2) is 42.5 Å². The number of nitrogens with one attached hydrogen (secondary N) is 1. The van der Waals surface area contributed by atoms with Gasteiger partial charge < -0.3 is 10.1 Å². The zero-order valence-electron chi connectivity index (χ0n) is 15.3. The number of carbonyl (C=O) groups excluding carboxylic acids is 2. The Kier molecular flexibility index (Phi) is 7.05. The summed E-state index contributed by atoms with van der Waals surface area (Å²) >= 11 is 0. The van der Waals surface area contributed by atoms with Crippen molar-refractivity contribution in [2.24, 2.45) is 0 Å². The minimum atomic E-state index is -0.600. The monoisotopic (exact) mass is 370 g/mol. The fourth-order valence-corrected chi connectivity index (χ4v) is 2.48. The van der Waals surface area contributed by atoms with Crippen LogP contribution < -0.4 is 10.1 Å². The first-order valence-electron chi connectivity index (χ1n) is 8.62. The number of amides is 1. The van der Waals surface area contributed by atoms with E-state index in [1.807, 2.05) is 12.1 Å². The maximum Gasteiger partial charge on any atom is 0.270 e. The van der Waals surface area contributed by atoms with E-state index in [0.29, 0.717) is 25.2 Å². The lowest BCUT2D eigenvalue weighted by Crippen LogP contribution is -2.30. The number of hydrogen-bond donors (Lipinski definition) is 1. The minimum Gasteiger partial charge on any atom is -0.483 e. The van der Waals surface area contributed by atoms with E-state index in [2.05, 4.69) is 31.3 Å². The third-order valence-corrected chi connectivity index (χ3v) is 4.07. The van der Waals surface area contributed by atoms with Crippen molar-refractivity contribution in [3.8, 4) is 5.75 Å². The molecule has 2 aromatic rings. The van der Waals surface area contributed by atoms with E-state index >= 15 is 0 Å². The third-order valence-electron chi connectivity index (χ3n) is 4.07. The molecule has 1 N–H and O–H groups in total. The molecule has 1 amide bonds. The fourth-order valence-electron chi connectivity index (χ4n) is 2.48. The van der Waals surface area contributed by atoms with Gasteiger partial charge in [-0.15, -0.1) is 0 Å². The Morgan fingerprint density at radius 3 is 2.52 bits per heavy atom. The average Bonchev–Trinajstić information content (AvgIpc) is 2.66. The van der Waals surface area contributed by atoms with Gasteiger partial charge in [0.25, 0.3) is 11.6 Å². The molecule has 0 aromatic heterocycles. The van der Waals surface area contributed by atoms with Gasteiger partial charge in [0.1, 0.15) is 5.75 Å². The summed E-state index contributed by atoms with van der Waals surface area (Å²) in [6.45, 7) is 4.46. The van der Waals surface area contributed by atoms with E-state index in [1.165, 1.54) is 17.7 Å². The van der Waals surface area contributed by atoms with Gasteiger partial charge in [-0.2, -0.15) is 0 Å². The second-order valence-electron chi connectivity index (χ2n) is 6.38. The van der Waals surface area contributed by atoms with Gasteiger partial charge in [0.2, 0.25) is 0 Å². The van der Waals surface area contributed by atoms with E-state index in [4.69, 9.17) is 4.74 Å². The number of benzene rings is 2. The first kappa shape index (κ1) is 20.1. The zero-order chi connectivity index (χ0) is 19.8. The zero-order valence-corrected chi connectivity index (χ0v) is 15.3. The number of nitro groups is 1. The quantitative estimate of drug-likeness (QED) is 0.415. The van der Waals surface area contributed by atoms with Gasteiger partial charge in [0.15, 0.2) is 12.9 Å². The van der Waals surface area contributed by atoms with E-state index in [1.54, 1.807) is 0 Å². The molecule has 27 heavy (non-hydrogen) atoms. The third kappa shape index (κ3) is 5.91. The molecule has 0 bridgehead atoms. The molecular formula is C20H22N2O5. The van der Waals surface area contributed by atoms with E-state index in [-0.39, 0.29) is 29.5 Å². The van der Waals surface area contributed by atoms with Crippen LogP contribution in [-0.4, -0.2) is 30.3 Å². The summed E-state index contributed by atoms with van der Waals surface area (Å²) in [6.07, 6.45) is 1.16. The first-order chi connectivity index (χ1) is 12.9. The van der Waals surface area contributed by atoms with Gasteiger partial charge in [-0.05, 0) is 29.5 Å². The number of non-ortho nitro benzene ring substituents is 1. The van der Waals surface area contributed by atoms with Crippen molar-refractivity contribution in [2.45, 2.75) is 26.2 Å². The summed E-state index contributed by atoms with van der Waals surface area (Å²) < 4.78 is 5.30. The molecule has 0 saturated carbocycles. The van der Waals surface area contributed by atoms with Crippen molar-refractivity contribution >= 4 is 17.9 Å². The lowest BCUT2D eigenvalue weighted by Gasteiger charge is -2.10. The molecule has 0 fully saturated rings. The summed E-state index contributed by atoms with van der Waals surface area (Å²) in [6, 6.07) is 11.9. The van der Waals surface area contributed by atoms with Crippen LogP contribution in [0.1, 0.15) is 41.3 Å². The standard InChI is InChI=1S/C20H22N2O5/c1-14(2)16-5-3-15(4-6-16)9-10-21-20(24)13-27-19-8-7-18(22(25)26)11-17(19)12-23/h3-8,11-12,14H,9-10,13H2,1-2H3,(H,21,24). The second kappa shape index (κ2) is 9.47. The van der Waals surface area contributed by atoms with E-state index < -0.39 is 4.92 Å². The highest BCUT2D eigenvalue weighted by atomic mass is 16.6. The Balaban J connectivity index is 1.81. The second-order valence-corrected chi connectivity index (χ2v) is 6.38. The number of nitrogens with zero attached hydrogens (tertiary/aromatic N) is 1. The molecule has 0 aliphatic carbocycles. The summed E-state index contributed by atoms with van der Waals surface area (Å²) in [5.74, 6) is 0.283. The van der Waals surface area contributed by atoms with Crippen LogP contribution >= 0.6 is 0 Å². The molecule has 2 rings (SSSR count). The largest absolute Gasteiger partial charge is 0.483 e. The van der Waals surface area contributed by atoms with Crippen LogP contribution in [0.3, 0.4) is 0 Å². The topological polar surface area (TPSA) is 98.5 Å². The Morgan fingerprint density at radius 2 is 1.93 bits per heavy atom.